The van der Waals surface area contributed by atoms with Crippen LogP contribution < -0.4 is 16.6 Å². The Labute approximate surface area is 126 Å². The van der Waals surface area contributed by atoms with Crippen LogP contribution in [0.25, 0.3) is 0 Å². The average Bonchev–Trinajstić information content (AvgIpc) is 2.52. The number of carbonyl (C=O) groups is 1. The number of benzene rings is 1. The van der Waals surface area contributed by atoms with Gasteiger partial charge in [0.05, 0.1) is 12.5 Å². The Morgan fingerprint density at radius 2 is 1.82 bits per heavy atom. The van der Waals surface area contributed by atoms with Crippen molar-refractivity contribution >= 4 is 17.3 Å². The van der Waals surface area contributed by atoms with Gasteiger partial charge in [-0.1, -0.05) is 18.2 Å². The molecule has 0 amide bonds. The van der Waals surface area contributed by atoms with Crippen LogP contribution in [-0.2, 0) is 14.1 Å². The summed E-state index contributed by atoms with van der Waals surface area (Å²) in [5.74, 6) is -0.545. The lowest BCUT2D eigenvalue weighted by Gasteiger charge is -2.15. The van der Waals surface area contributed by atoms with E-state index in [0.29, 0.717) is 5.69 Å². The van der Waals surface area contributed by atoms with Crippen molar-refractivity contribution in [2.24, 2.45) is 14.1 Å². The maximum atomic E-state index is 12.2. The molecule has 7 heteroatoms. The van der Waals surface area contributed by atoms with Crippen LogP contribution in [0, 0.1) is 11.3 Å². The highest BCUT2D eigenvalue weighted by atomic mass is 16.2. The summed E-state index contributed by atoms with van der Waals surface area (Å²) in [6.07, 6.45) is -0.434. The lowest BCUT2D eigenvalue weighted by molar-refractivity contribution is 0.0995. The summed E-state index contributed by atoms with van der Waals surface area (Å²) in [5.41, 5.74) is -0.856. The van der Waals surface area contributed by atoms with Crippen LogP contribution in [-0.4, -0.2) is 14.9 Å². The summed E-state index contributed by atoms with van der Waals surface area (Å²) in [4.78, 5) is 36.4. The first-order valence-electron chi connectivity index (χ1n) is 6.49. The van der Waals surface area contributed by atoms with Gasteiger partial charge in [-0.15, -0.1) is 0 Å². The molecule has 0 spiro atoms. The fraction of sp³-hybridized carbons (Fsp3) is 0.200. The summed E-state index contributed by atoms with van der Waals surface area (Å²) in [6.45, 7) is 0. The number of anilines is 2. The third-order valence-electron chi connectivity index (χ3n) is 3.22. The van der Waals surface area contributed by atoms with Gasteiger partial charge in [-0.25, -0.2) is 4.79 Å². The Morgan fingerprint density at radius 1 is 1.18 bits per heavy atom. The average molecular weight is 298 g/mol. The Balaban J connectivity index is 2.70. The number of aromatic nitrogens is 2. The molecule has 22 heavy (non-hydrogen) atoms. The van der Waals surface area contributed by atoms with Gasteiger partial charge >= 0.3 is 5.69 Å². The molecule has 0 aliphatic carbocycles. The monoisotopic (exact) mass is 298 g/mol. The summed E-state index contributed by atoms with van der Waals surface area (Å²) in [5, 5.41) is 11.6. The molecule has 0 bridgehead atoms. The fourth-order valence-electron chi connectivity index (χ4n) is 2.06. The third-order valence-corrected chi connectivity index (χ3v) is 3.22. The zero-order valence-electron chi connectivity index (χ0n) is 12.2. The molecule has 1 heterocycles. The van der Waals surface area contributed by atoms with E-state index in [2.05, 4.69) is 5.32 Å². The molecule has 2 rings (SSSR count). The van der Waals surface area contributed by atoms with E-state index in [4.69, 9.17) is 5.26 Å². The number of Topliss-reactive ketones (excluding diaryl/α,β-unsaturated/α-hetero) is 1. The molecule has 2 aromatic rings. The van der Waals surface area contributed by atoms with Crippen LogP contribution in [0.1, 0.15) is 16.8 Å². The minimum Gasteiger partial charge on any atom is -0.341 e. The highest BCUT2D eigenvalue weighted by Gasteiger charge is 2.21. The van der Waals surface area contributed by atoms with Gasteiger partial charge in [0.15, 0.2) is 5.78 Å². The van der Waals surface area contributed by atoms with Crippen molar-refractivity contribution < 1.29 is 4.79 Å². The van der Waals surface area contributed by atoms with Crippen LogP contribution in [0.2, 0.25) is 0 Å². The molecule has 0 aliphatic heterocycles. The number of para-hydroxylation sites is 1. The van der Waals surface area contributed by atoms with Crippen molar-refractivity contribution in [2.75, 3.05) is 5.32 Å². The molecule has 0 fully saturated rings. The van der Waals surface area contributed by atoms with Crippen molar-refractivity contribution in [2.45, 2.75) is 6.42 Å². The summed E-state index contributed by atoms with van der Waals surface area (Å²) in [6, 6.07) is 10.6. The van der Waals surface area contributed by atoms with E-state index in [9.17, 15) is 14.4 Å². The lowest BCUT2D eigenvalue weighted by atomic mass is 10.1. The van der Waals surface area contributed by atoms with Crippen LogP contribution in [0.3, 0.4) is 0 Å². The predicted octanol–water partition coefficient (Wildman–Crippen LogP) is 0.924. The molecule has 0 unspecified atom stereocenters. The van der Waals surface area contributed by atoms with E-state index >= 15 is 0 Å². The summed E-state index contributed by atoms with van der Waals surface area (Å²) < 4.78 is 2.03. The van der Waals surface area contributed by atoms with Crippen molar-refractivity contribution in [1.82, 2.24) is 9.13 Å². The van der Waals surface area contributed by atoms with Gasteiger partial charge < -0.3 is 5.32 Å². The number of nitrogens with zero attached hydrogens (tertiary/aromatic N) is 3. The molecule has 0 saturated carbocycles. The quantitative estimate of drug-likeness (QED) is 0.847. The SMILES string of the molecule is Cn1c(Nc2ccccc2)c(C(=O)CC#N)c(=O)n(C)c1=O. The summed E-state index contributed by atoms with van der Waals surface area (Å²) in [7, 11) is 2.75. The number of hydrogen-bond donors (Lipinski definition) is 1. The van der Waals surface area contributed by atoms with Crippen LogP contribution in [0.5, 0.6) is 0 Å². The normalized spacial score (nSPS) is 10.0. The maximum Gasteiger partial charge on any atom is 0.332 e. The van der Waals surface area contributed by atoms with Gasteiger partial charge in [-0.3, -0.25) is 18.7 Å². The number of nitrogens with one attached hydrogen (secondary N) is 1. The molecule has 0 radical (unpaired) electrons. The molecule has 0 saturated heterocycles. The van der Waals surface area contributed by atoms with Crippen molar-refractivity contribution in [3.8, 4) is 6.07 Å². The van der Waals surface area contributed by atoms with Gasteiger partial charge in [-0.2, -0.15) is 5.26 Å². The number of carbonyl (C=O) groups excluding carboxylic acids is 1. The first-order valence-corrected chi connectivity index (χ1v) is 6.49. The fourth-order valence-corrected chi connectivity index (χ4v) is 2.06. The van der Waals surface area contributed by atoms with E-state index in [1.807, 2.05) is 6.07 Å². The van der Waals surface area contributed by atoms with E-state index < -0.39 is 23.5 Å². The van der Waals surface area contributed by atoms with Crippen LogP contribution in [0.15, 0.2) is 39.9 Å². The van der Waals surface area contributed by atoms with Crippen LogP contribution >= 0.6 is 0 Å². The van der Waals surface area contributed by atoms with Gasteiger partial charge in [-0.05, 0) is 12.1 Å². The van der Waals surface area contributed by atoms with Crippen molar-refractivity contribution in [1.29, 1.82) is 5.26 Å². The second-order valence-electron chi connectivity index (χ2n) is 4.68. The largest absolute Gasteiger partial charge is 0.341 e. The molecule has 0 atom stereocenters. The molecule has 1 aromatic carbocycles. The maximum absolute atomic E-state index is 12.2. The molecular weight excluding hydrogens is 284 g/mol. The molecule has 1 aromatic heterocycles. The molecule has 0 aliphatic rings. The van der Waals surface area contributed by atoms with Gasteiger partial charge in [0.2, 0.25) is 0 Å². The minimum atomic E-state index is -0.721. The van der Waals surface area contributed by atoms with E-state index in [1.54, 1.807) is 30.3 Å². The zero-order chi connectivity index (χ0) is 16.3. The standard InChI is InChI=1S/C15H14N4O3/c1-18-13(17-10-6-4-3-5-7-10)12(11(20)8-9-16)14(21)19(2)15(18)22/h3-7,17H,8H2,1-2H3. The summed E-state index contributed by atoms with van der Waals surface area (Å²) >= 11 is 0. The lowest BCUT2D eigenvalue weighted by Crippen LogP contribution is -2.41. The number of hydrogen-bond acceptors (Lipinski definition) is 5. The Morgan fingerprint density at radius 3 is 2.41 bits per heavy atom. The predicted molar refractivity (Wildman–Crippen MR) is 81.2 cm³/mol. The zero-order valence-corrected chi connectivity index (χ0v) is 12.2. The van der Waals surface area contributed by atoms with E-state index in [1.165, 1.54) is 18.7 Å². The second kappa shape index (κ2) is 6.10. The number of nitriles is 1. The molecular formula is C15H14N4O3. The highest BCUT2D eigenvalue weighted by molar-refractivity contribution is 6.01. The minimum absolute atomic E-state index is 0.0829. The Kier molecular flexibility index (Phi) is 4.23. The smallest absolute Gasteiger partial charge is 0.332 e. The Hall–Kier alpha value is -3.14. The highest BCUT2D eigenvalue weighted by Crippen LogP contribution is 2.17. The number of rotatable bonds is 4. The molecule has 1 N–H and O–H groups in total. The van der Waals surface area contributed by atoms with E-state index in [0.717, 1.165) is 4.57 Å². The van der Waals surface area contributed by atoms with Crippen molar-refractivity contribution in [3.05, 3.63) is 56.7 Å². The molecule has 7 nitrogen and oxygen atoms in total. The first-order chi connectivity index (χ1) is 10.5. The molecule has 112 valence electrons. The van der Waals surface area contributed by atoms with E-state index in [-0.39, 0.29) is 11.4 Å². The first kappa shape index (κ1) is 15.3. The van der Waals surface area contributed by atoms with Gasteiger partial charge in [0.1, 0.15) is 11.4 Å². The topological polar surface area (TPSA) is 96.9 Å². The van der Waals surface area contributed by atoms with Crippen LogP contribution in [0.4, 0.5) is 11.5 Å². The van der Waals surface area contributed by atoms with Gasteiger partial charge in [0, 0.05) is 19.8 Å². The third kappa shape index (κ3) is 2.67. The van der Waals surface area contributed by atoms with Gasteiger partial charge in [0.25, 0.3) is 5.56 Å². The second-order valence-corrected chi connectivity index (χ2v) is 4.68. The Bertz CT molecular complexity index is 873. The number of ketones is 1. The van der Waals surface area contributed by atoms with Crippen molar-refractivity contribution in [3.63, 3.8) is 0 Å².